The Kier molecular flexibility index (Phi) is 2.40. The molecule has 68 valence electrons. The van der Waals surface area contributed by atoms with Gasteiger partial charge in [-0.1, -0.05) is 6.92 Å². The maximum atomic E-state index is 11.8. The highest BCUT2D eigenvalue weighted by molar-refractivity contribution is 4.98. The molecule has 0 radical (unpaired) electrons. The van der Waals surface area contributed by atoms with E-state index in [1.165, 1.54) is 6.20 Å². The zero-order valence-electron chi connectivity index (χ0n) is 6.60. The predicted molar refractivity (Wildman–Crippen MR) is 37.7 cm³/mol. The number of hydrogen-bond donors (Lipinski definition) is 0. The van der Waals surface area contributed by atoms with Crippen molar-refractivity contribution < 1.29 is 13.2 Å². The summed E-state index contributed by atoms with van der Waals surface area (Å²) in [4.78, 5) is 0. The first kappa shape index (κ1) is 9.09. The lowest BCUT2D eigenvalue weighted by atomic mass is 10.4. The molecule has 5 heteroatoms. The van der Waals surface area contributed by atoms with Crippen molar-refractivity contribution in [2.24, 2.45) is 0 Å². The van der Waals surface area contributed by atoms with Crippen LogP contribution in [0.1, 0.15) is 12.6 Å². The summed E-state index contributed by atoms with van der Waals surface area (Å²) in [5.41, 5.74) is 0.680. The fourth-order valence-electron chi connectivity index (χ4n) is 0.864. The van der Waals surface area contributed by atoms with Crippen molar-refractivity contribution in [3.05, 3.63) is 18.0 Å². The molecule has 1 aromatic heterocycles. The van der Waals surface area contributed by atoms with E-state index in [0.29, 0.717) is 12.1 Å². The van der Waals surface area contributed by atoms with Crippen molar-refractivity contribution in [3.63, 3.8) is 0 Å². The third kappa shape index (κ3) is 2.56. The van der Waals surface area contributed by atoms with Gasteiger partial charge < -0.3 is 0 Å². The first-order chi connectivity index (χ1) is 5.51. The summed E-state index contributed by atoms with van der Waals surface area (Å²) in [5, 5.41) is 3.71. The molecule has 0 atom stereocenters. The Morgan fingerprint density at radius 1 is 1.50 bits per heavy atom. The maximum absolute atomic E-state index is 11.8. The Labute approximate surface area is 68.0 Å². The smallest absolute Gasteiger partial charge is 0.263 e. The lowest BCUT2D eigenvalue weighted by Gasteiger charge is -2.04. The lowest BCUT2D eigenvalue weighted by Crippen LogP contribution is -2.18. The van der Waals surface area contributed by atoms with E-state index in [2.05, 4.69) is 5.10 Å². The SMILES string of the molecule is CCc1ccn(CC(F)(F)F)n1. The van der Waals surface area contributed by atoms with Crippen LogP contribution in [0.5, 0.6) is 0 Å². The summed E-state index contributed by atoms with van der Waals surface area (Å²) < 4.78 is 36.3. The van der Waals surface area contributed by atoms with E-state index in [-0.39, 0.29) is 0 Å². The Balaban J connectivity index is 2.64. The van der Waals surface area contributed by atoms with Crippen LogP contribution in [-0.4, -0.2) is 16.0 Å². The monoisotopic (exact) mass is 178 g/mol. The van der Waals surface area contributed by atoms with Gasteiger partial charge in [0.1, 0.15) is 6.54 Å². The van der Waals surface area contributed by atoms with Crippen molar-refractivity contribution in [1.29, 1.82) is 0 Å². The zero-order valence-corrected chi connectivity index (χ0v) is 6.60. The van der Waals surface area contributed by atoms with E-state index in [9.17, 15) is 13.2 Å². The van der Waals surface area contributed by atoms with Crippen LogP contribution in [0.2, 0.25) is 0 Å². The number of nitrogens with zero attached hydrogens (tertiary/aromatic N) is 2. The quantitative estimate of drug-likeness (QED) is 0.677. The molecule has 1 heterocycles. The first-order valence-corrected chi connectivity index (χ1v) is 3.60. The fourth-order valence-corrected chi connectivity index (χ4v) is 0.864. The van der Waals surface area contributed by atoms with Crippen LogP contribution in [0.25, 0.3) is 0 Å². The van der Waals surface area contributed by atoms with E-state index >= 15 is 0 Å². The molecule has 0 aromatic carbocycles. The Hall–Kier alpha value is -1.00. The van der Waals surface area contributed by atoms with Gasteiger partial charge in [0.15, 0.2) is 0 Å². The minimum Gasteiger partial charge on any atom is -0.263 e. The molecular formula is C7H9F3N2. The van der Waals surface area contributed by atoms with Gasteiger partial charge in [0.25, 0.3) is 0 Å². The summed E-state index contributed by atoms with van der Waals surface area (Å²) in [7, 11) is 0. The van der Waals surface area contributed by atoms with E-state index in [1.807, 2.05) is 6.92 Å². The molecule has 2 nitrogen and oxygen atoms in total. The minimum absolute atomic E-state index is 0.658. The molecule has 0 unspecified atom stereocenters. The average Bonchev–Trinajstić information content (AvgIpc) is 2.32. The van der Waals surface area contributed by atoms with Crippen molar-refractivity contribution in [2.75, 3.05) is 0 Å². The molecule has 0 saturated carbocycles. The van der Waals surface area contributed by atoms with Gasteiger partial charge in [0.05, 0.1) is 5.69 Å². The van der Waals surface area contributed by atoms with E-state index < -0.39 is 12.7 Å². The highest BCUT2D eigenvalue weighted by atomic mass is 19.4. The fraction of sp³-hybridized carbons (Fsp3) is 0.571. The molecule has 0 amide bonds. The number of alkyl halides is 3. The van der Waals surface area contributed by atoms with Gasteiger partial charge in [0, 0.05) is 6.20 Å². The molecule has 0 spiro atoms. The van der Waals surface area contributed by atoms with Gasteiger partial charge in [0.2, 0.25) is 0 Å². The number of rotatable bonds is 2. The van der Waals surface area contributed by atoms with Crippen molar-refractivity contribution in [1.82, 2.24) is 9.78 Å². The van der Waals surface area contributed by atoms with Gasteiger partial charge in [-0.25, -0.2) is 0 Å². The minimum atomic E-state index is -4.18. The second-order valence-corrected chi connectivity index (χ2v) is 2.47. The van der Waals surface area contributed by atoms with Crippen LogP contribution in [0.15, 0.2) is 12.3 Å². The second kappa shape index (κ2) is 3.16. The van der Waals surface area contributed by atoms with Gasteiger partial charge in [-0.05, 0) is 12.5 Å². The Morgan fingerprint density at radius 2 is 2.17 bits per heavy atom. The zero-order chi connectivity index (χ0) is 9.19. The normalized spacial score (nSPS) is 12.0. The van der Waals surface area contributed by atoms with E-state index in [1.54, 1.807) is 6.07 Å². The molecule has 0 aliphatic rings. The van der Waals surface area contributed by atoms with Crippen LogP contribution >= 0.6 is 0 Å². The van der Waals surface area contributed by atoms with Gasteiger partial charge in [-0.15, -0.1) is 0 Å². The molecule has 0 aliphatic carbocycles. The molecule has 0 saturated heterocycles. The van der Waals surface area contributed by atoms with Crippen LogP contribution in [-0.2, 0) is 13.0 Å². The summed E-state index contributed by atoms with van der Waals surface area (Å²) in [6.45, 7) is 0.841. The standard InChI is InChI=1S/C7H9F3N2/c1-2-6-3-4-12(11-6)5-7(8,9)10/h3-4H,2,5H2,1H3. The summed E-state index contributed by atoms with van der Waals surface area (Å²) >= 11 is 0. The van der Waals surface area contributed by atoms with Crippen molar-refractivity contribution in [2.45, 2.75) is 26.1 Å². The number of aryl methyl sites for hydroxylation is 1. The van der Waals surface area contributed by atoms with Crippen molar-refractivity contribution in [3.8, 4) is 0 Å². The van der Waals surface area contributed by atoms with Gasteiger partial charge in [-0.3, -0.25) is 4.68 Å². The van der Waals surface area contributed by atoms with Crippen LogP contribution < -0.4 is 0 Å². The molecule has 0 aliphatic heterocycles. The molecule has 0 N–H and O–H groups in total. The molecular weight excluding hydrogens is 169 g/mol. The molecule has 1 aromatic rings. The molecule has 1 rings (SSSR count). The summed E-state index contributed by atoms with van der Waals surface area (Å²) in [6.07, 6.45) is -2.19. The van der Waals surface area contributed by atoms with E-state index in [0.717, 1.165) is 4.68 Å². The van der Waals surface area contributed by atoms with Crippen molar-refractivity contribution >= 4 is 0 Å². The Bertz CT molecular complexity index is 251. The summed E-state index contributed by atoms with van der Waals surface area (Å²) in [6, 6.07) is 1.59. The third-order valence-corrected chi connectivity index (χ3v) is 1.40. The van der Waals surface area contributed by atoms with Gasteiger partial charge >= 0.3 is 6.18 Å². The maximum Gasteiger partial charge on any atom is 0.408 e. The molecule has 0 bridgehead atoms. The summed E-state index contributed by atoms with van der Waals surface area (Å²) in [5.74, 6) is 0. The van der Waals surface area contributed by atoms with Crippen LogP contribution in [0, 0.1) is 0 Å². The van der Waals surface area contributed by atoms with Crippen LogP contribution in [0.4, 0.5) is 13.2 Å². The second-order valence-electron chi connectivity index (χ2n) is 2.47. The number of aromatic nitrogens is 2. The number of hydrogen-bond acceptors (Lipinski definition) is 1. The number of halogens is 3. The highest BCUT2D eigenvalue weighted by Gasteiger charge is 2.28. The highest BCUT2D eigenvalue weighted by Crippen LogP contribution is 2.16. The molecule has 12 heavy (non-hydrogen) atoms. The predicted octanol–water partition coefficient (Wildman–Crippen LogP) is 2.01. The topological polar surface area (TPSA) is 17.8 Å². The lowest BCUT2D eigenvalue weighted by molar-refractivity contribution is -0.142. The Morgan fingerprint density at radius 3 is 2.58 bits per heavy atom. The average molecular weight is 178 g/mol. The van der Waals surface area contributed by atoms with E-state index in [4.69, 9.17) is 0 Å². The first-order valence-electron chi connectivity index (χ1n) is 3.60. The largest absolute Gasteiger partial charge is 0.408 e. The van der Waals surface area contributed by atoms with Crippen LogP contribution in [0.3, 0.4) is 0 Å². The van der Waals surface area contributed by atoms with Gasteiger partial charge in [-0.2, -0.15) is 18.3 Å². The third-order valence-electron chi connectivity index (χ3n) is 1.40. The molecule has 0 fully saturated rings.